The molecule has 0 radical (unpaired) electrons. The minimum atomic E-state index is -4.91. The Kier molecular flexibility index (Phi) is 5.65. The molecular formula is C16H12F3N2O7PS. The highest BCUT2D eigenvalue weighted by atomic mass is 32.2. The van der Waals surface area contributed by atoms with Gasteiger partial charge in [-0.2, -0.15) is 13.2 Å². The van der Waals surface area contributed by atoms with Crippen LogP contribution in [0.5, 0.6) is 5.75 Å². The number of hydrogen-bond acceptors (Lipinski definition) is 6. The predicted molar refractivity (Wildman–Crippen MR) is 96.9 cm³/mol. The smallest absolute Gasteiger partial charge is 0.444 e. The fraction of sp³-hybridized carbons (Fsp3) is 0.0625. The Bertz CT molecular complexity index is 1210. The first-order valence-corrected chi connectivity index (χ1v) is 10.9. The minimum Gasteiger partial charge on any atom is -0.444 e. The van der Waals surface area contributed by atoms with Gasteiger partial charge in [0.1, 0.15) is 12.0 Å². The Labute approximate surface area is 167 Å². The maximum absolute atomic E-state index is 12.9. The summed E-state index contributed by atoms with van der Waals surface area (Å²) in [6, 6.07) is 6.32. The fourth-order valence-electron chi connectivity index (χ4n) is 2.38. The van der Waals surface area contributed by atoms with Gasteiger partial charge in [-0.25, -0.2) is 18.0 Å². The van der Waals surface area contributed by atoms with E-state index in [1.54, 1.807) is 0 Å². The summed E-state index contributed by atoms with van der Waals surface area (Å²) in [7, 11) is -9.38. The molecule has 0 aliphatic rings. The maximum Gasteiger partial charge on any atom is 0.524 e. The van der Waals surface area contributed by atoms with Crippen LogP contribution in [0.15, 0.2) is 64.2 Å². The second-order valence-electron chi connectivity index (χ2n) is 5.76. The summed E-state index contributed by atoms with van der Waals surface area (Å²) in [5.74, 6) is -0.452. The van der Waals surface area contributed by atoms with Crippen molar-refractivity contribution < 1.29 is 44.9 Å². The quantitative estimate of drug-likeness (QED) is 0.470. The lowest BCUT2D eigenvalue weighted by atomic mass is 10.1. The lowest BCUT2D eigenvalue weighted by Crippen LogP contribution is -2.15. The summed E-state index contributed by atoms with van der Waals surface area (Å²) in [5, 5.41) is 0. The normalized spacial score (nSPS) is 12.6. The third-order valence-corrected chi connectivity index (χ3v) is 5.41. The van der Waals surface area contributed by atoms with Crippen molar-refractivity contribution >= 4 is 23.5 Å². The van der Waals surface area contributed by atoms with E-state index in [0.29, 0.717) is 6.07 Å². The highest BCUT2D eigenvalue weighted by Gasteiger charge is 2.32. The van der Waals surface area contributed by atoms with Crippen LogP contribution >= 0.6 is 7.82 Å². The van der Waals surface area contributed by atoms with E-state index in [4.69, 9.17) is 14.2 Å². The number of aromatic nitrogens is 1. The third kappa shape index (κ3) is 5.19. The largest absolute Gasteiger partial charge is 0.524 e. The van der Waals surface area contributed by atoms with Crippen LogP contribution in [0.1, 0.15) is 5.56 Å². The lowest BCUT2D eigenvalue weighted by Gasteiger charge is -2.14. The van der Waals surface area contributed by atoms with Crippen LogP contribution in [0.3, 0.4) is 0 Å². The van der Waals surface area contributed by atoms with E-state index < -0.39 is 34.5 Å². The van der Waals surface area contributed by atoms with Crippen LogP contribution in [-0.4, -0.2) is 23.2 Å². The Balaban J connectivity index is 2.02. The first kappa shape index (κ1) is 21.8. The van der Waals surface area contributed by atoms with Gasteiger partial charge in [0.15, 0.2) is 0 Å². The second kappa shape index (κ2) is 7.76. The van der Waals surface area contributed by atoms with Gasteiger partial charge < -0.3 is 8.94 Å². The van der Waals surface area contributed by atoms with E-state index in [2.05, 4.69) is 14.2 Å². The topological polar surface area (TPSA) is 139 Å². The van der Waals surface area contributed by atoms with Crippen molar-refractivity contribution in [1.82, 2.24) is 4.98 Å². The van der Waals surface area contributed by atoms with Crippen LogP contribution in [0.4, 0.5) is 18.9 Å². The van der Waals surface area contributed by atoms with Crippen LogP contribution in [0, 0.1) is 0 Å². The molecule has 1 heterocycles. The molecule has 0 atom stereocenters. The molecule has 0 aliphatic heterocycles. The summed E-state index contributed by atoms with van der Waals surface area (Å²) >= 11 is 0. The summed E-state index contributed by atoms with van der Waals surface area (Å²) in [4.78, 5) is 21.1. The zero-order valence-electron chi connectivity index (χ0n) is 14.6. The molecule has 0 fully saturated rings. The van der Waals surface area contributed by atoms with Gasteiger partial charge in [0.05, 0.1) is 27.9 Å². The van der Waals surface area contributed by atoms with Crippen molar-refractivity contribution in [2.45, 2.75) is 11.1 Å². The number of alkyl halides is 3. The SMILES string of the molecule is O=P(O)(O)Oc1ccc(NS(=O)(=O)c2cccc(C(F)(F)F)c2)c(-c2ncco2)c1. The Morgan fingerprint density at radius 1 is 1.13 bits per heavy atom. The molecule has 3 aromatic rings. The molecule has 0 aliphatic carbocycles. The molecule has 0 saturated carbocycles. The Morgan fingerprint density at radius 2 is 1.87 bits per heavy atom. The van der Waals surface area contributed by atoms with Crippen molar-refractivity contribution in [2.24, 2.45) is 0 Å². The van der Waals surface area contributed by atoms with Gasteiger partial charge in [0.2, 0.25) is 5.89 Å². The number of anilines is 1. The average molecular weight is 464 g/mol. The number of halogens is 3. The van der Waals surface area contributed by atoms with E-state index in [0.717, 1.165) is 42.7 Å². The predicted octanol–water partition coefficient (Wildman–Crippen LogP) is 3.63. The zero-order chi connectivity index (χ0) is 22.2. The fourth-order valence-corrected chi connectivity index (χ4v) is 3.90. The van der Waals surface area contributed by atoms with Gasteiger partial charge in [0, 0.05) is 0 Å². The Morgan fingerprint density at radius 3 is 2.47 bits per heavy atom. The van der Waals surface area contributed by atoms with Gasteiger partial charge in [-0.1, -0.05) is 6.07 Å². The van der Waals surface area contributed by atoms with Crippen LogP contribution < -0.4 is 9.25 Å². The number of sulfonamides is 1. The number of nitrogens with zero attached hydrogens (tertiary/aromatic N) is 1. The van der Waals surface area contributed by atoms with Crippen LogP contribution in [0.2, 0.25) is 0 Å². The zero-order valence-corrected chi connectivity index (χ0v) is 16.3. The van der Waals surface area contributed by atoms with E-state index >= 15 is 0 Å². The summed E-state index contributed by atoms with van der Waals surface area (Å²) in [6.07, 6.45) is -2.34. The van der Waals surface area contributed by atoms with E-state index in [1.165, 1.54) is 6.20 Å². The number of benzene rings is 2. The molecule has 0 saturated heterocycles. The summed E-state index contributed by atoms with van der Waals surface area (Å²) in [5.41, 5.74) is -1.39. The van der Waals surface area contributed by atoms with Crippen molar-refractivity contribution in [2.75, 3.05) is 4.72 Å². The molecular weight excluding hydrogens is 452 g/mol. The van der Waals surface area contributed by atoms with Crippen LogP contribution in [-0.2, 0) is 20.8 Å². The number of rotatable bonds is 6. The van der Waals surface area contributed by atoms with Gasteiger partial charge >= 0.3 is 14.0 Å². The molecule has 30 heavy (non-hydrogen) atoms. The standard InChI is InChI=1S/C16H12F3N2O7PS/c17-16(18,19)10-2-1-3-12(8-10)30(25,26)21-14-5-4-11(28-29(22,23)24)9-13(14)15-20-6-7-27-15/h1-9,21H,(H2,22,23,24). The number of oxazole rings is 1. The molecule has 9 nitrogen and oxygen atoms in total. The molecule has 0 bridgehead atoms. The van der Waals surface area contributed by atoms with E-state index in [-0.39, 0.29) is 22.9 Å². The molecule has 160 valence electrons. The second-order valence-corrected chi connectivity index (χ2v) is 8.60. The number of nitrogens with one attached hydrogen (secondary N) is 1. The molecule has 3 rings (SSSR count). The first-order chi connectivity index (χ1) is 13.9. The van der Waals surface area contributed by atoms with Gasteiger partial charge in [-0.05, 0) is 36.4 Å². The number of phosphoric ester groups is 1. The summed E-state index contributed by atoms with van der Waals surface area (Å²) in [6.45, 7) is 0. The van der Waals surface area contributed by atoms with Crippen molar-refractivity contribution in [1.29, 1.82) is 0 Å². The number of hydrogen-bond donors (Lipinski definition) is 3. The van der Waals surface area contributed by atoms with Crippen molar-refractivity contribution in [3.8, 4) is 17.2 Å². The van der Waals surface area contributed by atoms with Crippen molar-refractivity contribution in [3.63, 3.8) is 0 Å². The highest BCUT2D eigenvalue weighted by Crippen LogP contribution is 2.41. The van der Waals surface area contributed by atoms with E-state index in [9.17, 15) is 26.2 Å². The maximum atomic E-state index is 12.9. The molecule has 0 spiro atoms. The number of phosphoric acid groups is 1. The lowest BCUT2D eigenvalue weighted by molar-refractivity contribution is -0.137. The summed E-state index contributed by atoms with van der Waals surface area (Å²) < 4.78 is 86.7. The molecule has 0 amide bonds. The molecule has 2 aromatic carbocycles. The molecule has 14 heteroatoms. The minimum absolute atomic E-state index is 0.0681. The van der Waals surface area contributed by atoms with Crippen LogP contribution in [0.25, 0.3) is 11.5 Å². The van der Waals surface area contributed by atoms with E-state index in [1.807, 2.05) is 0 Å². The molecule has 0 unspecified atom stereocenters. The van der Waals surface area contributed by atoms with Gasteiger partial charge in [-0.15, -0.1) is 0 Å². The molecule has 3 N–H and O–H groups in total. The Hall–Kier alpha value is -2.86. The van der Waals surface area contributed by atoms with Gasteiger partial charge in [-0.3, -0.25) is 14.5 Å². The monoisotopic (exact) mass is 464 g/mol. The third-order valence-electron chi connectivity index (χ3n) is 3.59. The highest BCUT2D eigenvalue weighted by molar-refractivity contribution is 7.92. The average Bonchev–Trinajstić information content (AvgIpc) is 3.15. The first-order valence-electron chi connectivity index (χ1n) is 7.84. The van der Waals surface area contributed by atoms with Gasteiger partial charge in [0.25, 0.3) is 10.0 Å². The molecule has 1 aromatic heterocycles. The van der Waals surface area contributed by atoms with Crippen molar-refractivity contribution in [3.05, 3.63) is 60.5 Å².